The Morgan fingerprint density at radius 2 is 1.86 bits per heavy atom. The van der Waals surface area contributed by atoms with Gasteiger partial charge in [0, 0.05) is 24.2 Å². The summed E-state index contributed by atoms with van der Waals surface area (Å²) in [4.78, 5) is 0. The molecule has 3 rings (SSSR count). The van der Waals surface area contributed by atoms with E-state index >= 15 is 0 Å². The molecule has 0 bridgehead atoms. The molecule has 2 heterocycles. The minimum atomic E-state index is -4.50. The van der Waals surface area contributed by atoms with Gasteiger partial charge in [0.15, 0.2) is 5.65 Å². The summed E-state index contributed by atoms with van der Waals surface area (Å²) in [5.41, 5.74) is 0.651. The second-order valence-corrected chi connectivity index (χ2v) is 5.12. The van der Waals surface area contributed by atoms with Crippen LogP contribution in [0, 0.1) is 6.92 Å². The second kappa shape index (κ2) is 4.72. The van der Waals surface area contributed by atoms with Gasteiger partial charge in [0.1, 0.15) is 5.75 Å². The van der Waals surface area contributed by atoms with E-state index in [0.717, 1.165) is 11.5 Å². The van der Waals surface area contributed by atoms with Gasteiger partial charge in [-0.05, 0) is 36.8 Å². The predicted octanol–water partition coefficient (Wildman–Crippen LogP) is 3.67. The highest BCUT2D eigenvalue weighted by atomic mass is 19.4. The normalized spacial score (nSPS) is 12.0. The van der Waals surface area contributed by atoms with Crippen molar-refractivity contribution < 1.29 is 18.3 Å². The molecule has 0 atom stereocenters. The summed E-state index contributed by atoms with van der Waals surface area (Å²) in [6, 6.07) is 5.22. The van der Waals surface area contributed by atoms with E-state index < -0.39 is 17.5 Å². The largest absolute Gasteiger partial charge is 0.507 e. The van der Waals surface area contributed by atoms with Crippen molar-refractivity contribution in [2.75, 3.05) is 0 Å². The van der Waals surface area contributed by atoms with Gasteiger partial charge in [-0.3, -0.25) is 0 Å². The lowest BCUT2D eigenvalue weighted by Crippen LogP contribution is -2.06. The van der Waals surface area contributed by atoms with Crippen LogP contribution >= 0.6 is 0 Å². The topological polar surface area (TPSA) is 50.9 Å². The van der Waals surface area contributed by atoms with E-state index in [2.05, 4.69) is 10.2 Å². The molecule has 1 N–H and O–H groups in total. The van der Waals surface area contributed by atoms with Gasteiger partial charge in [-0.1, -0.05) is 0 Å². The van der Waals surface area contributed by atoms with E-state index in [-0.39, 0.29) is 11.1 Å². The molecule has 3 aromatic rings. The molecule has 114 valence electrons. The van der Waals surface area contributed by atoms with Crippen LogP contribution in [0.2, 0.25) is 0 Å². The maximum absolute atomic E-state index is 12.8. The van der Waals surface area contributed by atoms with Crippen molar-refractivity contribution in [1.29, 1.82) is 0 Å². The number of nitrogens with zero attached hydrogens (tertiary/aromatic N) is 3. The van der Waals surface area contributed by atoms with Crippen LogP contribution < -0.4 is 0 Å². The Morgan fingerprint density at radius 1 is 1.14 bits per heavy atom. The van der Waals surface area contributed by atoms with Gasteiger partial charge in [-0.15, -0.1) is 10.2 Å². The second-order valence-electron chi connectivity index (χ2n) is 5.12. The number of rotatable bonds is 1. The number of phenols is 1. The SMILES string of the molecule is Cc1cc(C(F)(F)F)cc(O)c1-c1cc2ccn(C)c2nn1. The van der Waals surface area contributed by atoms with E-state index in [4.69, 9.17) is 0 Å². The van der Waals surface area contributed by atoms with E-state index in [0.29, 0.717) is 17.4 Å². The lowest BCUT2D eigenvalue weighted by molar-refractivity contribution is -0.137. The summed E-state index contributed by atoms with van der Waals surface area (Å²) in [6.45, 7) is 1.50. The van der Waals surface area contributed by atoms with Crippen LogP contribution in [0.15, 0.2) is 30.5 Å². The smallest absolute Gasteiger partial charge is 0.416 e. The first-order valence-electron chi connectivity index (χ1n) is 6.47. The average Bonchev–Trinajstić information content (AvgIpc) is 2.78. The van der Waals surface area contributed by atoms with Gasteiger partial charge in [-0.2, -0.15) is 13.2 Å². The molecule has 0 aliphatic heterocycles. The maximum Gasteiger partial charge on any atom is 0.416 e. The fraction of sp³-hybridized carbons (Fsp3) is 0.200. The highest BCUT2D eigenvalue weighted by molar-refractivity contribution is 5.82. The first-order valence-corrected chi connectivity index (χ1v) is 6.47. The van der Waals surface area contributed by atoms with E-state index in [9.17, 15) is 18.3 Å². The fourth-order valence-corrected chi connectivity index (χ4v) is 2.45. The number of hydrogen-bond donors (Lipinski definition) is 1. The molecule has 0 saturated carbocycles. The van der Waals surface area contributed by atoms with Crippen molar-refractivity contribution in [3.63, 3.8) is 0 Å². The highest BCUT2D eigenvalue weighted by Crippen LogP contribution is 2.38. The Bertz CT molecular complexity index is 845. The molecule has 1 aromatic carbocycles. The van der Waals surface area contributed by atoms with Crippen molar-refractivity contribution >= 4 is 11.0 Å². The Labute approximate surface area is 123 Å². The molecule has 2 aromatic heterocycles. The number of aromatic nitrogens is 3. The monoisotopic (exact) mass is 307 g/mol. The van der Waals surface area contributed by atoms with Gasteiger partial charge < -0.3 is 9.67 Å². The molecule has 0 amide bonds. The van der Waals surface area contributed by atoms with E-state index in [1.54, 1.807) is 10.6 Å². The molecule has 4 nitrogen and oxygen atoms in total. The van der Waals surface area contributed by atoms with Crippen LogP contribution in [0.25, 0.3) is 22.3 Å². The predicted molar refractivity (Wildman–Crippen MR) is 75.3 cm³/mol. The molecule has 0 spiro atoms. The lowest BCUT2D eigenvalue weighted by Gasteiger charge is -2.12. The Morgan fingerprint density at radius 3 is 2.50 bits per heavy atom. The summed E-state index contributed by atoms with van der Waals surface area (Å²) in [7, 11) is 1.82. The van der Waals surface area contributed by atoms with Crippen molar-refractivity contribution in [3.8, 4) is 17.0 Å². The number of halogens is 3. The first kappa shape index (κ1) is 14.4. The van der Waals surface area contributed by atoms with Crippen LogP contribution in [-0.2, 0) is 13.2 Å². The first-order chi connectivity index (χ1) is 10.3. The zero-order valence-corrected chi connectivity index (χ0v) is 11.8. The minimum absolute atomic E-state index is 0.256. The maximum atomic E-state index is 12.8. The molecule has 0 fully saturated rings. The fourth-order valence-electron chi connectivity index (χ4n) is 2.45. The lowest BCUT2D eigenvalue weighted by atomic mass is 10.00. The summed E-state index contributed by atoms with van der Waals surface area (Å²) in [5, 5.41) is 18.9. The number of benzene rings is 1. The third-order valence-corrected chi connectivity index (χ3v) is 3.51. The van der Waals surface area contributed by atoms with Crippen LogP contribution in [0.1, 0.15) is 11.1 Å². The Balaban J connectivity index is 2.18. The van der Waals surface area contributed by atoms with Gasteiger partial charge in [0.25, 0.3) is 0 Å². The summed E-state index contributed by atoms with van der Waals surface area (Å²) < 4.78 is 40.0. The Kier molecular flexibility index (Phi) is 3.09. The molecule has 0 aliphatic carbocycles. The highest BCUT2D eigenvalue weighted by Gasteiger charge is 2.32. The number of aromatic hydroxyl groups is 1. The third-order valence-electron chi connectivity index (χ3n) is 3.51. The minimum Gasteiger partial charge on any atom is -0.507 e. The summed E-state index contributed by atoms with van der Waals surface area (Å²) in [6.07, 6.45) is -2.70. The number of alkyl halides is 3. The van der Waals surface area contributed by atoms with Crippen LogP contribution in [0.5, 0.6) is 5.75 Å². The quantitative estimate of drug-likeness (QED) is 0.746. The number of fused-ring (bicyclic) bond motifs is 1. The molecular formula is C15H12F3N3O. The zero-order valence-electron chi connectivity index (χ0n) is 11.8. The summed E-state index contributed by atoms with van der Waals surface area (Å²) in [5.74, 6) is -0.461. The van der Waals surface area contributed by atoms with E-state index in [1.165, 1.54) is 6.92 Å². The molecule has 0 saturated heterocycles. The number of phenolic OH excluding ortho intramolecular Hbond substituents is 1. The van der Waals surface area contributed by atoms with Gasteiger partial charge in [-0.25, -0.2) is 0 Å². The molecule has 0 unspecified atom stereocenters. The van der Waals surface area contributed by atoms with Crippen molar-refractivity contribution in [3.05, 3.63) is 41.6 Å². The van der Waals surface area contributed by atoms with Gasteiger partial charge in [0.05, 0.1) is 11.3 Å². The van der Waals surface area contributed by atoms with Crippen LogP contribution in [-0.4, -0.2) is 19.9 Å². The molecule has 7 heteroatoms. The van der Waals surface area contributed by atoms with Crippen LogP contribution in [0.4, 0.5) is 13.2 Å². The van der Waals surface area contributed by atoms with Crippen molar-refractivity contribution in [2.45, 2.75) is 13.1 Å². The molecule has 0 aliphatic rings. The third kappa shape index (κ3) is 2.28. The standard InChI is InChI=1S/C15H12F3N3O/c1-8-5-10(15(16,17)18)7-12(22)13(8)11-6-9-3-4-21(2)14(9)20-19-11/h3-7,22H,1-2H3. The van der Waals surface area contributed by atoms with E-state index in [1.807, 2.05) is 19.3 Å². The molecule has 22 heavy (non-hydrogen) atoms. The Hall–Kier alpha value is -2.57. The average molecular weight is 307 g/mol. The summed E-state index contributed by atoms with van der Waals surface area (Å²) >= 11 is 0. The number of hydrogen-bond acceptors (Lipinski definition) is 3. The molecule has 0 radical (unpaired) electrons. The zero-order chi connectivity index (χ0) is 16.1. The number of aryl methyl sites for hydroxylation is 2. The molecular weight excluding hydrogens is 295 g/mol. The van der Waals surface area contributed by atoms with Gasteiger partial charge >= 0.3 is 6.18 Å². The van der Waals surface area contributed by atoms with Crippen molar-refractivity contribution in [1.82, 2.24) is 14.8 Å². The van der Waals surface area contributed by atoms with Gasteiger partial charge in [0.2, 0.25) is 0 Å². The van der Waals surface area contributed by atoms with Crippen molar-refractivity contribution in [2.24, 2.45) is 7.05 Å². The van der Waals surface area contributed by atoms with Crippen LogP contribution in [0.3, 0.4) is 0 Å².